The molecule has 4 heteroatoms. The van der Waals surface area contributed by atoms with E-state index in [9.17, 15) is 4.79 Å². The Morgan fingerprint density at radius 3 is 2.91 bits per heavy atom. The number of likely N-dealkylation sites (N-methyl/N-ethyl adjacent to an activating group) is 1. The van der Waals surface area contributed by atoms with Crippen molar-refractivity contribution in [3.63, 3.8) is 0 Å². The van der Waals surface area contributed by atoms with Crippen LogP contribution in [0.2, 0.25) is 0 Å². The second-order valence-corrected chi connectivity index (χ2v) is 6.71. The molecule has 2 aliphatic heterocycles. The molecule has 1 N–H and O–H groups in total. The molecule has 0 radical (unpaired) electrons. The van der Waals surface area contributed by atoms with Crippen LogP contribution in [0.5, 0.6) is 0 Å². The molecule has 0 spiro atoms. The molecule has 1 aromatic carbocycles. The molecule has 3 rings (SSSR count). The van der Waals surface area contributed by atoms with Crippen molar-refractivity contribution in [1.29, 1.82) is 0 Å². The Morgan fingerprint density at radius 2 is 2.13 bits per heavy atom. The minimum Gasteiger partial charge on any atom is -0.371 e. The van der Waals surface area contributed by atoms with Crippen LogP contribution in [0.4, 0.5) is 11.4 Å². The van der Waals surface area contributed by atoms with E-state index in [1.54, 1.807) is 0 Å². The van der Waals surface area contributed by atoms with E-state index in [1.807, 2.05) is 0 Å². The molecule has 0 aliphatic carbocycles. The summed E-state index contributed by atoms with van der Waals surface area (Å²) in [5, 5.41) is 3.17. The molecule has 23 heavy (non-hydrogen) atoms. The van der Waals surface area contributed by atoms with Gasteiger partial charge in [0, 0.05) is 24.5 Å². The van der Waals surface area contributed by atoms with E-state index in [0.29, 0.717) is 0 Å². The van der Waals surface area contributed by atoms with Crippen LogP contribution in [-0.4, -0.2) is 43.0 Å². The smallest absolute Gasteiger partial charge is 0.241 e. The van der Waals surface area contributed by atoms with Crippen LogP contribution < -0.4 is 10.2 Å². The van der Waals surface area contributed by atoms with Gasteiger partial charge < -0.3 is 10.2 Å². The SMILES string of the molecule is CCCN1CCCCC1C(=O)Nc1ccc2c(c1)N(CC)CC2. The van der Waals surface area contributed by atoms with Crippen molar-refractivity contribution in [3.05, 3.63) is 23.8 Å². The molecular weight excluding hydrogens is 286 g/mol. The molecule has 0 saturated carbocycles. The first-order chi connectivity index (χ1) is 11.2. The summed E-state index contributed by atoms with van der Waals surface area (Å²) in [5.74, 6) is 0.166. The van der Waals surface area contributed by atoms with Crippen molar-refractivity contribution >= 4 is 17.3 Å². The van der Waals surface area contributed by atoms with Crippen molar-refractivity contribution in [2.75, 3.05) is 36.4 Å². The number of nitrogens with zero attached hydrogens (tertiary/aromatic N) is 2. The zero-order chi connectivity index (χ0) is 16.2. The van der Waals surface area contributed by atoms with Crippen LogP contribution in [0.3, 0.4) is 0 Å². The number of hydrogen-bond acceptors (Lipinski definition) is 3. The number of hydrogen-bond donors (Lipinski definition) is 1. The minimum absolute atomic E-state index is 0.0410. The number of carbonyl (C=O) groups excluding carboxylic acids is 1. The maximum absolute atomic E-state index is 12.7. The predicted octanol–water partition coefficient (Wildman–Crippen LogP) is 3.27. The Labute approximate surface area is 139 Å². The number of carbonyl (C=O) groups is 1. The third-order valence-electron chi connectivity index (χ3n) is 5.15. The number of piperidine rings is 1. The van der Waals surface area contributed by atoms with Gasteiger partial charge in [0.1, 0.15) is 0 Å². The van der Waals surface area contributed by atoms with Crippen molar-refractivity contribution in [1.82, 2.24) is 4.90 Å². The molecular formula is C19H29N3O. The third kappa shape index (κ3) is 3.52. The van der Waals surface area contributed by atoms with E-state index in [4.69, 9.17) is 0 Å². The van der Waals surface area contributed by atoms with E-state index in [1.165, 1.54) is 17.7 Å². The van der Waals surface area contributed by atoms with Crippen LogP contribution >= 0.6 is 0 Å². The van der Waals surface area contributed by atoms with E-state index in [-0.39, 0.29) is 11.9 Å². The van der Waals surface area contributed by atoms with E-state index < -0.39 is 0 Å². The van der Waals surface area contributed by atoms with Gasteiger partial charge in [-0.15, -0.1) is 0 Å². The van der Waals surface area contributed by atoms with Crippen LogP contribution in [0.25, 0.3) is 0 Å². The molecule has 2 heterocycles. The molecule has 1 unspecified atom stereocenters. The second kappa shape index (κ2) is 7.35. The topological polar surface area (TPSA) is 35.6 Å². The number of anilines is 2. The van der Waals surface area contributed by atoms with Crippen LogP contribution in [0.15, 0.2) is 18.2 Å². The molecule has 2 aliphatic rings. The first-order valence-electron chi connectivity index (χ1n) is 9.15. The first-order valence-corrected chi connectivity index (χ1v) is 9.15. The fourth-order valence-electron chi connectivity index (χ4n) is 3.92. The van der Waals surface area contributed by atoms with Gasteiger partial charge in [0.15, 0.2) is 0 Å². The maximum Gasteiger partial charge on any atom is 0.241 e. The maximum atomic E-state index is 12.7. The number of fused-ring (bicyclic) bond motifs is 1. The highest BCUT2D eigenvalue weighted by atomic mass is 16.2. The number of likely N-dealkylation sites (tertiary alicyclic amines) is 1. The Morgan fingerprint density at radius 1 is 1.26 bits per heavy atom. The molecule has 1 saturated heterocycles. The van der Waals surface area contributed by atoms with Gasteiger partial charge in [0.05, 0.1) is 6.04 Å². The highest BCUT2D eigenvalue weighted by Gasteiger charge is 2.28. The van der Waals surface area contributed by atoms with Crippen LogP contribution in [-0.2, 0) is 11.2 Å². The molecule has 0 bridgehead atoms. The summed E-state index contributed by atoms with van der Waals surface area (Å²) in [4.78, 5) is 17.5. The Bertz CT molecular complexity index is 556. The summed E-state index contributed by atoms with van der Waals surface area (Å²) in [7, 11) is 0. The van der Waals surface area contributed by atoms with Gasteiger partial charge in [-0.3, -0.25) is 9.69 Å². The van der Waals surface area contributed by atoms with Crippen LogP contribution in [0.1, 0.15) is 45.1 Å². The molecule has 1 fully saturated rings. The summed E-state index contributed by atoms with van der Waals surface area (Å²) in [5.41, 5.74) is 3.63. The predicted molar refractivity (Wildman–Crippen MR) is 96.2 cm³/mol. The summed E-state index contributed by atoms with van der Waals surface area (Å²) in [6.45, 7) is 8.56. The van der Waals surface area contributed by atoms with Crippen molar-refractivity contribution in [2.24, 2.45) is 0 Å². The fourth-order valence-corrected chi connectivity index (χ4v) is 3.92. The monoisotopic (exact) mass is 315 g/mol. The third-order valence-corrected chi connectivity index (χ3v) is 5.15. The van der Waals surface area contributed by atoms with E-state index in [0.717, 1.165) is 57.5 Å². The molecule has 1 aromatic rings. The summed E-state index contributed by atoms with van der Waals surface area (Å²) in [6, 6.07) is 6.42. The standard InChI is InChI=1S/C19H29N3O/c1-3-11-22-12-6-5-7-17(22)19(23)20-16-9-8-15-10-13-21(4-2)18(15)14-16/h8-9,14,17H,3-7,10-13H2,1-2H3,(H,20,23). The fraction of sp³-hybridized carbons (Fsp3) is 0.632. The molecule has 1 atom stereocenters. The lowest BCUT2D eigenvalue weighted by atomic mass is 10.0. The normalized spacial score (nSPS) is 21.3. The number of amides is 1. The van der Waals surface area contributed by atoms with Gasteiger partial charge in [-0.1, -0.05) is 19.4 Å². The average Bonchev–Trinajstić information content (AvgIpc) is 2.98. The van der Waals surface area contributed by atoms with E-state index in [2.05, 4.69) is 47.2 Å². The second-order valence-electron chi connectivity index (χ2n) is 6.71. The lowest BCUT2D eigenvalue weighted by Gasteiger charge is -2.34. The zero-order valence-corrected chi connectivity index (χ0v) is 14.5. The first kappa shape index (κ1) is 16.3. The number of rotatable bonds is 5. The van der Waals surface area contributed by atoms with Crippen LogP contribution in [0, 0.1) is 0 Å². The Balaban J connectivity index is 1.70. The lowest BCUT2D eigenvalue weighted by Crippen LogP contribution is -2.47. The van der Waals surface area contributed by atoms with Gasteiger partial charge in [-0.25, -0.2) is 0 Å². The highest BCUT2D eigenvalue weighted by molar-refractivity contribution is 5.95. The molecule has 0 aromatic heterocycles. The van der Waals surface area contributed by atoms with Gasteiger partial charge in [-0.05, 0) is 63.4 Å². The Kier molecular flexibility index (Phi) is 5.21. The number of benzene rings is 1. The lowest BCUT2D eigenvalue weighted by molar-refractivity contribution is -0.122. The molecule has 126 valence electrons. The minimum atomic E-state index is 0.0410. The van der Waals surface area contributed by atoms with Gasteiger partial charge in [0.2, 0.25) is 5.91 Å². The quantitative estimate of drug-likeness (QED) is 0.906. The van der Waals surface area contributed by atoms with Gasteiger partial charge in [0.25, 0.3) is 0 Å². The number of nitrogens with one attached hydrogen (secondary N) is 1. The van der Waals surface area contributed by atoms with Crippen molar-refractivity contribution in [2.45, 2.75) is 52.0 Å². The Hall–Kier alpha value is -1.55. The van der Waals surface area contributed by atoms with Crippen molar-refractivity contribution < 1.29 is 4.79 Å². The summed E-state index contributed by atoms with van der Waals surface area (Å²) < 4.78 is 0. The van der Waals surface area contributed by atoms with Gasteiger partial charge >= 0.3 is 0 Å². The highest BCUT2D eigenvalue weighted by Crippen LogP contribution is 2.31. The molecule has 1 amide bonds. The van der Waals surface area contributed by atoms with E-state index >= 15 is 0 Å². The van der Waals surface area contributed by atoms with Crippen molar-refractivity contribution in [3.8, 4) is 0 Å². The summed E-state index contributed by atoms with van der Waals surface area (Å²) >= 11 is 0. The zero-order valence-electron chi connectivity index (χ0n) is 14.5. The largest absolute Gasteiger partial charge is 0.371 e. The molecule has 4 nitrogen and oxygen atoms in total. The summed E-state index contributed by atoms with van der Waals surface area (Å²) in [6.07, 6.45) is 5.58. The average molecular weight is 315 g/mol. The van der Waals surface area contributed by atoms with Gasteiger partial charge in [-0.2, -0.15) is 0 Å².